The molecular formula is C20H24Cl2O4. The zero-order valence-electron chi connectivity index (χ0n) is 14.4. The van der Waals surface area contributed by atoms with Gasteiger partial charge < -0.3 is 20.4 Å². The van der Waals surface area contributed by atoms with Gasteiger partial charge in [0.25, 0.3) is 0 Å². The second kappa shape index (κ2) is 10.0. The number of hydrogen-bond acceptors (Lipinski definition) is 4. The predicted octanol–water partition coefficient (Wildman–Crippen LogP) is 4.19. The number of phenols is 2. The summed E-state index contributed by atoms with van der Waals surface area (Å²) in [5.74, 6) is 0.168. The summed E-state index contributed by atoms with van der Waals surface area (Å²) in [6.07, 6.45) is 2.69. The first-order valence-corrected chi connectivity index (χ1v) is 9.36. The Morgan fingerprint density at radius 2 is 1.27 bits per heavy atom. The summed E-state index contributed by atoms with van der Waals surface area (Å²) >= 11 is 12.0. The second-order valence-corrected chi connectivity index (χ2v) is 7.36. The molecule has 0 bridgehead atoms. The van der Waals surface area contributed by atoms with Crippen LogP contribution < -0.4 is 0 Å². The van der Waals surface area contributed by atoms with Crippen molar-refractivity contribution >= 4 is 23.2 Å². The molecule has 0 aliphatic rings. The monoisotopic (exact) mass is 398 g/mol. The smallest absolute Gasteiger partial charge is 0.134 e. The third-order valence-corrected chi connectivity index (χ3v) is 5.26. The van der Waals surface area contributed by atoms with Crippen molar-refractivity contribution in [3.05, 3.63) is 57.6 Å². The molecule has 0 saturated heterocycles. The molecule has 2 atom stereocenters. The quantitative estimate of drug-likeness (QED) is 0.510. The molecule has 0 unspecified atom stereocenters. The maximum atomic E-state index is 9.95. The lowest BCUT2D eigenvalue weighted by Gasteiger charge is -2.26. The fourth-order valence-electron chi connectivity index (χ4n) is 3.20. The zero-order chi connectivity index (χ0) is 19.1. The van der Waals surface area contributed by atoms with Gasteiger partial charge >= 0.3 is 0 Å². The molecule has 0 spiro atoms. The summed E-state index contributed by atoms with van der Waals surface area (Å²) in [5.41, 5.74) is 1.91. The third kappa shape index (κ3) is 5.78. The maximum absolute atomic E-state index is 9.95. The lowest BCUT2D eigenvalue weighted by Crippen LogP contribution is -2.23. The van der Waals surface area contributed by atoms with Gasteiger partial charge in [-0.25, -0.2) is 0 Å². The third-order valence-electron chi connectivity index (χ3n) is 4.65. The van der Waals surface area contributed by atoms with E-state index in [9.17, 15) is 20.4 Å². The van der Waals surface area contributed by atoms with Crippen LogP contribution in [0.3, 0.4) is 0 Å². The first-order valence-electron chi connectivity index (χ1n) is 8.61. The van der Waals surface area contributed by atoms with Crippen LogP contribution in [0.5, 0.6) is 11.5 Å². The minimum Gasteiger partial charge on any atom is -0.506 e. The van der Waals surface area contributed by atoms with E-state index >= 15 is 0 Å². The van der Waals surface area contributed by atoms with Gasteiger partial charge in [0.15, 0.2) is 0 Å². The first kappa shape index (κ1) is 20.8. The van der Waals surface area contributed by atoms with E-state index in [1.54, 1.807) is 30.3 Å². The molecule has 0 aliphatic heterocycles. The summed E-state index contributed by atoms with van der Waals surface area (Å²) in [6, 6.07) is 10.2. The van der Waals surface area contributed by atoms with Gasteiger partial charge in [-0.2, -0.15) is 0 Å². The number of aliphatic hydroxyl groups is 2. The van der Waals surface area contributed by atoms with Crippen molar-refractivity contribution in [2.24, 2.45) is 11.8 Å². The van der Waals surface area contributed by atoms with Crippen molar-refractivity contribution in [1.82, 2.24) is 0 Å². The van der Waals surface area contributed by atoms with Gasteiger partial charge in [-0.3, -0.25) is 0 Å². The Hall–Kier alpha value is -1.46. The standard InChI is InChI=1S/C20H24Cl2O4/c21-17-10-13(3-5-19(17)25)8-15(2-1-7-23)16(12-24)9-14-4-6-20(26)18(22)11-14/h3-6,10-11,15-16,23-26H,1-2,7-9,12H2/t15-,16+/m1/s1. The summed E-state index contributed by atoms with van der Waals surface area (Å²) in [7, 11) is 0. The first-order chi connectivity index (χ1) is 12.4. The molecule has 0 heterocycles. The van der Waals surface area contributed by atoms with Crippen molar-refractivity contribution in [2.45, 2.75) is 25.7 Å². The lowest BCUT2D eigenvalue weighted by atomic mass is 9.80. The van der Waals surface area contributed by atoms with Crippen LogP contribution in [0.25, 0.3) is 0 Å². The average molecular weight is 399 g/mol. The fraction of sp³-hybridized carbons (Fsp3) is 0.400. The Bertz CT molecular complexity index is 721. The van der Waals surface area contributed by atoms with E-state index in [1.165, 1.54) is 0 Å². The van der Waals surface area contributed by atoms with Crippen LogP contribution in [-0.4, -0.2) is 33.6 Å². The summed E-state index contributed by atoms with van der Waals surface area (Å²) in [4.78, 5) is 0. The molecule has 0 saturated carbocycles. The summed E-state index contributed by atoms with van der Waals surface area (Å²) in [6.45, 7) is 0.0937. The number of aromatic hydroxyl groups is 2. The fourth-order valence-corrected chi connectivity index (χ4v) is 3.60. The number of hydrogen-bond donors (Lipinski definition) is 4. The van der Waals surface area contributed by atoms with Gasteiger partial charge in [0.1, 0.15) is 11.5 Å². The molecule has 0 aromatic heterocycles. The minimum atomic E-state index is -0.0326. The van der Waals surface area contributed by atoms with Crippen LogP contribution in [0.2, 0.25) is 10.0 Å². The van der Waals surface area contributed by atoms with E-state index in [0.717, 1.165) is 17.5 Å². The molecule has 2 aromatic carbocycles. The lowest BCUT2D eigenvalue weighted by molar-refractivity contribution is 0.158. The number of phenolic OH excluding ortho intramolecular Hbond substituents is 2. The van der Waals surface area contributed by atoms with Gasteiger partial charge in [-0.05, 0) is 72.9 Å². The van der Waals surface area contributed by atoms with E-state index < -0.39 is 0 Å². The second-order valence-electron chi connectivity index (χ2n) is 6.55. The van der Waals surface area contributed by atoms with Gasteiger partial charge in [0.05, 0.1) is 10.0 Å². The summed E-state index contributed by atoms with van der Waals surface area (Å²) in [5, 5.41) is 38.9. The molecular weight excluding hydrogens is 375 g/mol. The van der Waals surface area contributed by atoms with Crippen molar-refractivity contribution < 1.29 is 20.4 Å². The highest BCUT2D eigenvalue weighted by molar-refractivity contribution is 6.32. The van der Waals surface area contributed by atoms with E-state index in [-0.39, 0.29) is 41.6 Å². The van der Waals surface area contributed by atoms with Crippen molar-refractivity contribution in [1.29, 1.82) is 0 Å². The van der Waals surface area contributed by atoms with Crippen LogP contribution in [0.1, 0.15) is 24.0 Å². The van der Waals surface area contributed by atoms with Crippen molar-refractivity contribution in [2.75, 3.05) is 13.2 Å². The number of aliphatic hydroxyl groups excluding tert-OH is 2. The SMILES string of the molecule is OCCC[C@H](Cc1ccc(O)c(Cl)c1)[C@H](CO)Cc1ccc(O)c(Cl)c1. The van der Waals surface area contributed by atoms with Crippen molar-refractivity contribution in [3.8, 4) is 11.5 Å². The average Bonchev–Trinajstić information content (AvgIpc) is 2.62. The predicted molar refractivity (Wildman–Crippen MR) is 104 cm³/mol. The Kier molecular flexibility index (Phi) is 8.04. The van der Waals surface area contributed by atoms with E-state index in [0.29, 0.717) is 24.3 Å². The highest BCUT2D eigenvalue weighted by Gasteiger charge is 2.22. The Morgan fingerprint density at radius 1 is 0.769 bits per heavy atom. The minimum absolute atomic E-state index is 0.000403. The molecule has 2 aromatic rings. The Morgan fingerprint density at radius 3 is 1.69 bits per heavy atom. The van der Waals surface area contributed by atoms with Crippen molar-refractivity contribution in [3.63, 3.8) is 0 Å². The van der Waals surface area contributed by atoms with Crippen LogP contribution in [0.4, 0.5) is 0 Å². The van der Waals surface area contributed by atoms with E-state index in [2.05, 4.69) is 0 Å². The van der Waals surface area contributed by atoms with E-state index in [1.807, 2.05) is 6.07 Å². The summed E-state index contributed by atoms with van der Waals surface area (Å²) < 4.78 is 0. The number of rotatable bonds is 9. The molecule has 142 valence electrons. The van der Waals surface area contributed by atoms with Gasteiger partial charge in [-0.1, -0.05) is 35.3 Å². The molecule has 4 nitrogen and oxygen atoms in total. The maximum Gasteiger partial charge on any atom is 0.134 e. The highest BCUT2D eigenvalue weighted by atomic mass is 35.5. The highest BCUT2D eigenvalue weighted by Crippen LogP contribution is 2.31. The topological polar surface area (TPSA) is 80.9 Å². The Labute approximate surface area is 163 Å². The number of halogens is 2. The zero-order valence-corrected chi connectivity index (χ0v) is 15.9. The normalized spacial score (nSPS) is 13.5. The van der Waals surface area contributed by atoms with Crippen LogP contribution in [0, 0.1) is 11.8 Å². The largest absolute Gasteiger partial charge is 0.506 e. The van der Waals surface area contributed by atoms with Gasteiger partial charge in [-0.15, -0.1) is 0 Å². The molecule has 0 fully saturated rings. The molecule has 26 heavy (non-hydrogen) atoms. The molecule has 2 rings (SSSR count). The van der Waals surface area contributed by atoms with E-state index in [4.69, 9.17) is 23.2 Å². The Balaban J connectivity index is 2.17. The molecule has 0 radical (unpaired) electrons. The van der Waals surface area contributed by atoms with Crippen LogP contribution in [0.15, 0.2) is 36.4 Å². The molecule has 4 N–H and O–H groups in total. The van der Waals surface area contributed by atoms with Gasteiger partial charge in [0, 0.05) is 13.2 Å². The molecule has 6 heteroatoms. The molecule has 0 aliphatic carbocycles. The van der Waals surface area contributed by atoms with Gasteiger partial charge in [0.2, 0.25) is 0 Å². The number of benzene rings is 2. The molecule has 0 amide bonds. The van der Waals surface area contributed by atoms with Crippen LogP contribution >= 0.6 is 23.2 Å². The van der Waals surface area contributed by atoms with Crippen LogP contribution in [-0.2, 0) is 12.8 Å².